The van der Waals surface area contributed by atoms with E-state index in [1.165, 1.54) is 16.7 Å². The van der Waals surface area contributed by atoms with Gasteiger partial charge in [0.1, 0.15) is 0 Å². The Kier molecular flexibility index (Phi) is 3.33. The third-order valence-electron chi connectivity index (χ3n) is 2.85. The lowest BCUT2D eigenvalue weighted by molar-refractivity contribution is 0.375. The Morgan fingerprint density at radius 3 is 2.07 bits per heavy atom. The Morgan fingerprint density at radius 1 is 1.14 bits per heavy atom. The van der Waals surface area contributed by atoms with Gasteiger partial charge < -0.3 is 5.73 Å². The molecule has 78 valence electrons. The standard InChI is InChI=1S/C13H21N/c1-10-6-5-7-11(2)12(10)8-13(3,4)9-14/h5-7H,8-9,14H2,1-4H3. The van der Waals surface area contributed by atoms with Crippen molar-refractivity contribution in [3.8, 4) is 0 Å². The third-order valence-corrected chi connectivity index (χ3v) is 2.85. The molecule has 0 heterocycles. The maximum atomic E-state index is 5.75. The average molecular weight is 191 g/mol. The van der Waals surface area contributed by atoms with Gasteiger partial charge in [0, 0.05) is 0 Å². The second kappa shape index (κ2) is 4.14. The highest BCUT2D eigenvalue weighted by Gasteiger charge is 2.18. The van der Waals surface area contributed by atoms with E-state index in [2.05, 4.69) is 45.9 Å². The summed E-state index contributed by atoms with van der Waals surface area (Å²) in [6.07, 6.45) is 1.07. The zero-order valence-corrected chi connectivity index (χ0v) is 9.72. The van der Waals surface area contributed by atoms with Gasteiger partial charge in [-0.2, -0.15) is 0 Å². The van der Waals surface area contributed by atoms with Crippen LogP contribution in [0, 0.1) is 19.3 Å². The van der Waals surface area contributed by atoms with Crippen LogP contribution in [0.15, 0.2) is 18.2 Å². The molecule has 1 aromatic carbocycles. The molecule has 0 saturated heterocycles. The van der Waals surface area contributed by atoms with Crippen LogP contribution in [0.5, 0.6) is 0 Å². The minimum Gasteiger partial charge on any atom is -0.330 e. The van der Waals surface area contributed by atoms with E-state index in [0.29, 0.717) is 0 Å². The molecule has 0 bridgehead atoms. The highest BCUT2D eigenvalue weighted by Crippen LogP contribution is 2.24. The summed E-state index contributed by atoms with van der Waals surface area (Å²) in [7, 11) is 0. The van der Waals surface area contributed by atoms with Gasteiger partial charge in [0.05, 0.1) is 0 Å². The number of benzene rings is 1. The summed E-state index contributed by atoms with van der Waals surface area (Å²) in [6, 6.07) is 6.47. The first-order valence-corrected chi connectivity index (χ1v) is 5.21. The SMILES string of the molecule is Cc1cccc(C)c1CC(C)(C)CN. The molecule has 0 unspecified atom stereocenters. The molecule has 0 aliphatic heterocycles. The Hall–Kier alpha value is -0.820. The Bertz CT molecular complexity index is 293. The van der Waals surface area contributed by atoms with Crippen LogP contribution in [0.4, 0.5) is 0 Å². The molecule has 0 aromatic heterocycles. The first-order valence-electron chi connectivity index (χ1n) is 5.21. The maximum Gasteiger partial charge on any atom is -0.00226 e. The van der Waals surface area contributed by atoms with Crippen molar-refractivity contribution in [2.24, 2.45) is 11.1 Å². The summed E-state index contributed by atoms with van der Waals surface area (Å²) in [4.78, 5) is 0. The van der Waals surface area contributed by atoms with Gasteiger partial charge in [0.15, 0.2) is 0 Å². The van der Waals surface area contributed by atoms with Crippen LogP contribution in [-0.2, 0) is 6.42 Å². The van der Waals surface area contributed by atoms with Crippen molar-refractivity contribution < 1.29 is 0 Å². The number of nitrogens with two attached hydrogens (primary N) is 1. The number of hydrogen-bond donors (Lipinski definition) is 1. The van der Waals surface area contributed by atoms with E-state index < -0.39 is 0 Å². The fourth-order valence-electron chi connectivity index (χ4n) is 1.68. The lowest BCUT2D eigenvalue weighted by Gasteiger charge is -2.24. The lowest BCUT2D eigenvalue weighted by Crippen LogP contribution is -2.26. The van der Waals surface area contributed by atoms with Crippen molar-refractivity contribution in [1.82, 2.24) is 0 Å². The van der Waals surface area contributed by atoms with E-state index in [4.69, 9.17) is 5.73 Å². The van der Waals surface area contributed by atoms with Crippen LogP contribution in [0.3, 0.4) is 0 Å². The summed E-state index contributed by atoms with van der Waals surface area (Å²) in [5.74, 6) is 0. The second-order valence-electron chi connectivity index (χ2n) is 4.92. The van der Waals surface area contributed by atoms with E-state index >= 15 is 0 Å². The van der Waals surface area contributed by atoms with Gasteiger partial charge in [-0.3, -0.25) is 0 Å². The molecule has 0 saturated carbocycles. The molecule has 1 nitrogen and oxygen atoms in total. The Labute approximate surface area is 87.3 Å². The van der Waals surface area contributed by atoms with Crippen LogP contribution in [0.25, 0.3) is 0 Å². The molecule has 1 rings (SSSR count). The zero-order chi connectivity index (χ0) is 10.8. The molecular formula is C13H21N. The topological polar surface area (TPSA) is 26.0 Å². The number of rotatable bonds is 3. The molecule has 1 heteroatoms. The van der Waals surface area contributed by atoms with E-state index in [1.807, 2.05) is 0 Å². The van der Waals surface area contributed by atoms with Crippen molar-refractivity contribution in [1.29, 1.82) is 0 Å². The minimum atomic E-state index is 0.205. The highest BCUT2D eigenvalue weighted by molar-refractivity contribution is 5.34. The smallest absolute Gasteiger partial charge is 0.00226 e. The van der Waals surface area contributed by atoms with Gasteiger partial charge in [0.25, 0.3) is 0 Å². The fourth-order valence-corrected chi connectivity index (χ4v) is 1.68. The fraction of sp³-hybridized carbons (Fsp3) is 0.538. The number of hydrogen-bond acceptors (Lipinski definition) is 1. The Balaban J connectivity index is 2.97. The van der Waals surface area contributed by atoms with Crippen molar-refractivity contribution in [3.63, 3.8) is 0 Å². The summed E-state index contributed by atoms with van der Waals surface area (Å²) < 4.78 is 0. The summed E-state index contributed by atoms with van der Waals surface area (Å²) >= 11 is 0. The predicted molar refractivity (Wildman–Crippen MR) is 62.5 cm³/mol. The highest BCUT2D eigenvalue weighted by atomic mass is 14.6. The molecule has 0 spiro atoms. The van der Waals surface area contributed by atoms with Gasteiger partial charge in [-0.25, -0.2) is 0 Å². The van der Waals surface area contributed by atoms with Crippen LogP contribution < -0.4 is 5.73 Å². The van der Waals surface area contributed by atoms with Crippen LogP contribution in [0.1, 0.15) is 30.5 Å². The van der Waals surface area contributed by atoms with Gasteiger partial charge in [-0.1, -0.05) is 32.0 Å². The number of aryl methyl sites for hydroxylation is 2. The zero-order valence-electron chi connectivity index (χ0n) is 9.72. The molecule has 14 heavy (non-hydrogen) atoms. The van der Waals surface area contributed by atoms with E-state index in [9.17, 15) is 0 Å². The molecule has 1 aromatic rings. The van der Waals surface area contributed by atoms with Crippen molar-refractivity contribution in [3.05, 3.63) is 34.9 Å². The van der Waals surface area contributed by atoms with Crippen LogP contribution in [0.2, 0.25) is 0 Å². The van der Waals surface area contributed by atoms with E-state index in [0.717, 1.165) is 13.0 Å². The lowest BCUT2D eigenvalue weighted by atomic mass is 9.83. The summed E-state index contributed by atoms with van der Waals surface area (Å²) in [5, 5.41) is 0. The van der Waals surface area contributed by atoms with Crippen molar-refractivity contribution in [2.75, 3.05) is 6.54 Å². The molecule has 0 aliphatic carbocycles. The van der Waals surface area contributed by atoms with Crippen molar-refractivity contribution in [2.45, 2.75) is 34.1 Å². The minimum absolute atomic E-state index is 0.205. The second-order valence-corrected chi connectivity index (χ2v) is 4.92. The molecule has 0 amide bonds. The maximum absolute atomic E-state index is 5.75. The molecule has 0 atom stereocenters. The van der Waals surface area contributed by atoms with E-state index in [1.54, 1.807) is 0 Å². The van der Waals surface area contributed by atoms with Gasteiger partial charge >= 0.3 is 0 Å². The largest absolute Gasteiger partial charge is 0.330 e. The van der Waals surface area contributed by atoms with Crippen molar-refractivity contribution >= 4 is 0 Å². The van der Waals surface area contributed by atoms with Gasteiger partial charge in [-0.15, -0.1) is 0 Å². The predicted octanol–water partition coefficient (Wildman–Crippen LogP) is 2.83. The molecule has 2 N–H and O–H groups in total. The first kappa shape index (κ1) is 11.3. The quantitative estimate of drug-likeness (QED) is 0.781. The molecule has 0 radical (unpaired) electrons. The molecular weight excluding hydrogens is 170 g/mol. The summed E-state index contributed by atoms with van der Waals surface area (Å²) in [5.41, 5.74) is 10.2. The van der Waals surface area contributed by atoms with Gasteiger partial charge in [0.2, 0.25) is 0 Å². The third kappa shape index (κ3) is 2.58. The van der Waals surface area contributed by atoms with E-state index in [-0.39, 0.29) is 5.41 Å². The molecule has 0 aliphatic rings. The van der Waals surface area contributed by atoms with Crippen LogP contribution in [-0.4, -0.2) is 6.54 Å². The normalized spacial score (nSPS) is 11.8. The molecule has 0 fully saturated rings. The Morgan fingerprint density at radius 2 is 1.64 bits per heavy atom. The first-order chi connectivity index (χ1) is 6.46. The van der Waals surface area contributed by atoms with Crippen LogP contribution >= 0.6 is 0 Å². The average Bonchev–Trinajstić information content (AvgIpc) is 2.12. The van der Waals surface area contributed by atoms with Gasteiger partial charge in [-0.05, 0) is 48.9 Å². The monoisotopic (exact) mass is 191 g/mol. The summed E-state index contributed by atoms with van der Waals surface area (Å²) in [6.45, 7) is 9.53.